The Hall–Kier alpha value is -2.74. The van der Waals surface area contributed by atoms with Gasteiger partial charge in [-0.1, -0.05) is 23.7 Å². The molecule has 8 nitrogen and oxygen atoms in total. The molecule has 3 rings (SSSR count). The zero-order valence-electron chi connectivity index (χ0n) is 12.9. The van der Waals surface area contributed by atoms with E-state index in [-0.39, 0.29) is 19.0 Å². The summed E-state index contributed by atoms with van der Waals surface area (Å²) in [5.41, 5.74) is 1.63. The van der Waals surface area contributed by atoms with Crippen molar-refractivity contribution in [1.29, 1.82) is 0 Å². The van der Waals surface area contributed by atoms with Gasteiger partial charge in [-0.3, -0.25) is 4.79 Å². The van der Waals surface area contributed by atoms with E-state index in [0.717, 1.165) is 17.7 Å². The number of hydrogen-bond donors (Lipinski definition) is 1. The monoisotopic (exact) mass is 346 g/mol. The molecule has 2 aromatic heterocycles. The zero-order chi connectivity index (χ0) is 16.9. The Labute approximate surface area is 142 Å². The summed E-state index contributed by atoms with van der Waals surface area (Å²) < 4.78 is 5.10. The minimum atomic E-state index is -0.246. The molecule has 1 N–H and O–H groups in total. The number of benzene rings is 1. The maximum atomic E-state index is 11.9. The first kappa shape index (κ1) is 16.1. The third-order valence-corrected chi connectivity index (χ3v) is 3.52. The Morgan fingerprint density at radius 3 is 2.83 bits per heavy atom. The summed E-state index contributed by atoms with van der Waals surface area (Å²) >= 11 is 5.84. The van der Waals surface area contributed by atoms with Crippen molar-refractivity contribution >= 4 is 17.5 Å². The predicted octanol–water partition coefficient (Wildman–Crippen LogP) is 1.86. The summed E-state index contributed by atoms with van der Waals surface area (Å²) in [7, 11) is 0. The van der Waals surface area contributed by atoms with E-state index in [9.17, 15) is 4.79 Å². The number of tetrazole rings is 1. The molecule has 0 fully saturated rings. The quantitative estimate of drug-likeness (QED) is 0.731. The first-order chi connectivity index (χ1) is 11.6. The molecular formula is C15H15ClN6O2. The fourth-order valence-corrected chi connectivity index (χ4v) is 2.13. The molecule has 1 aromatic carbocycles. The third-order valence-electron chi connectivity index (χ3n) is 3.27. The summed E-state index contributed by atoms with van der Waals surface area (Å²) in [6, 6.07) is 8.88. The molecule has 2 heterocycles. The SMILES string of the molecule is CCc1cc(CNC(=O)Cn2nnc(-c3ccc(Cl)cc3)n2)on1. The van der Waals surface area contributed by atoms with Gasteiger partial charge >= 0.3 is 0 Å². The molecule has 0 atom stereocenters. The molecule has 3 aromatic rings. The van der Waals surface area contributed by atoms with Crippen LogP contribution in [0.3, 0.4) is 0 Å². The molecule has 9 heteroatoms. The second-order valence-electron chi connectivity index (χ2n) is 5.07. The van der Waals surface area contributed by atoms with Crippen LogP contribution in [0.2, 0.25) is 5.02 Å². The van der Waals surface area contributed by atoms with E-state index in [2.05, 4.69) is 25.9 Å². The molecule has 0 unspecified atom stereocenters. The third kappa shape index (κ3) is 3.96. The number of halogens is 1. The van der Waals surface area contributed by atoms with E-state index in [0.29, 0.717) is 16.6 Å². The van der Waals surface area contributed by atoms with Crippen molar-refractivity contribution < 1.29 is 9.32 Å². The van der Waals surface area contributed by atoms with Crippen LogP contribution in [-0.4, -0.2) is 31.3 Å². The fourth-order valence-electron chi connectivity index (χ4n) is 2.00. The van der Waals surface area contributed by atoms with Gasteiger partial charge in [0.25, 0.3) is 0 Å². The Morgan fingerprint density at radius 1 is 1.33 bits per heavy atom. The molecule has 0 spiro atoms. The number of amides is 1. The first-order valence-corrected chi connectivity index (χ1v) is 7.76. The summed E-state index contributed by atoms with van der Waals surface area (Å²) in [5.74, 6) is 0.792. The van der Waals surface area contributed by atoms with Crippen molar-refractivity contribution in [3.05, 3.63) is 46.8 Å². The lowest BCUT2D eigenvalue weighted by molar-refractivity contribution is -0.122. The van der Waals surface area contributed by atoms with Crippen LogP contribution in [0.25, 0.3) is 11.4 Å². The van der Waals surface area contributed by atoms with E-state index in [4.69, 9.17) is 16.1 Å². The maximum Gasteiger partial charge on any atom is 0.244 e. The van der Waals surface area contributed by atoms with Crippen LogP contribution in [0.15, 0.2) is 34.9 Å². The Balaban J connectivity index is 1.56. The molecule has 0 aliphatic heterocycles. The van der Waals surface area contributed by atoms with Gasteiger partial charge in [-0.15, -0.1) is 10.2 Å². The van der Waals surface area contributed by atoms with Crippen molar-refractivity contribution in [3.8, 4) is 11.4 Å². The Kier molecular flexibility index (Phi) is 4.85. The minimum absolute atomic E-state index is 0.0324. The molecule has 0 saturated heterocycles. The number of carbonyl (C=O) groups is 1. The van der Waals surface area contributed by atoms with E-state index >= 15 is 0 Å². The van der Waals surface area contributed by atoms with E-state index in [1.54, 1.807) is 24.3 Å². The Morgan fingerprint density at radius 2 is 2.12 bits per heavy atom. The second kappa shape index (κ2) is 7.22. The number of aromatic nitrogens is 5. The number of aryl methyl sites for hydroxylation is 1. The fraction of sp³-hybridized carbons (Fsp3) is 0.267. The zero-order valence-corrected chi connectivity index (χ0v) is 13.7. The van der Waals surface area contributed by atoms with Crippen molar-refractivity contribution in [3.63, 3.8) is 0 Å². The summed E-state index contributed by atoms with van der Waals surface area (Å²) in [6.07, 6.45) is 0.786. The second-order valence-corrected chi connectivity index (χ2v) is 5.50. The van der Waals surface area contributed by atoms with Crippen LogP contribution < -0.4 is 5.32 Å². The highest BCUT2D eigenvalue weighted by Gasteiger charge is 2.10. The van der Waals surface area contributed by atoms with Crippen molar-refractivity contribution in [2.75, 3.05) is 0 Å². The first-order valence-electron chi connectivity index (χ1n) is 7.39. The molecular weight excluding hydrogens is 332 g/mol. The normalized spacial score (nSPS) is 10.8. The largest absolute Gasteiger partial charge is 0.359 e. The van der Waals surface area contributed by atoms with E-state index in [1.165, 1.54) is 4.80 Å². The van der Waals surface area contributed by atoms with Gasteiger partial charge in [0.1, 0.15) is 6.54 Å². The summed E-state index contributed by atoms with van der Waals surface area (Å²) in [4.78, 5) is 13.2. The number of carbonyl (C=O) groups excluding carboxylic acids is 1. The lowest BCUT2D eigenvalue weighted by atomic mass is 10.2. The molecule has 24 heavy (non-hydrogen) atoms. The predicted molar refractivity (Wildman–Crippen MR) is 86.0 cm³/mol. The molecule has 0 aliphatic carbocycles. The van der Waals surface area contributed by atoms with E-state index in [1.807, 2.05) is 13.0 Å². The van der Waals surface area contributed by atoms with Gasteiger partial charge in [0.05, 0.1) is 12.2 Å². The summed E-state index contributed by atoms with van der Waals surface area (Å²) in [5, 5.41) is 19.2. The minimum Gasteiger partial charge on any atom is -0.359 e. The van der Waals surface area contributed by atoms with Gasteiger partial charge in [0.2, 0.25) is 11.7 Å². The molecule has 0 saturated carbocycles. The number of nitrogens with zero attached hydrogens (tertiary/aromatic N) is 5. The summed E-state index contributed by atoms with van der Waals surface area (Å²) in [6.45, 7) is 2.22. The van der Waals surface area contributed by atoms with Gasteiger partial charge in [0.15, 0.2) is 5.76 Å². The highest BCUT2D eigenvalue weighted by molar-refractivity contribution is 6.30. The number of hydrogen-bond acceptors (Lipinski definition) is 6. The highest BCUT2D eigenvalue weighted by atomic mass is 35.5. The lowest BCUT2D eigenvalue weighted by Crippen LogP contribution is -2.27. The maximum absolute atomic E-state index is 11.9. The average Bonchev–Trinajstić information content (AvgIpc) is 3.23. The van der Waals surface area contributed by atoms with Crippen LogP contribution >= 0.6 is 11.6 Å². The molecule has 124 valence electrons. The smallest absolute Gasteiger partial charge is 0.244 e. The van der Waals surface area contributed by atoms with Crippen LogP contribution in [0.5, 0.6) is 0 Å². The molecule has 0 aliphatic rings. The molecule has 1 amide bonds. The highest BCUT2D eigenvalue weighted by Crippen LogP contribution is 2.16. The van der Waals surface area contributed by atoms with Crippen LogP contribution in [0, 0.1) is 0 Å². The van der Waals surface area contributed by atoms with Crippen LogP contribution in [-0.2, 0) is 24.3 Å². The van der Waals surface area contributed by atoms with Crippen LogP contribution in [0.1, 0.15) is 18.4 Å². The lowest BCUT2D eigenvalue weighted by Gasteiger charge is -2.01. The van der Waals surface area contributed by atoms with Gasteiger partial charge in [-0.2, -0.15) is 4.80 Å². The standard InChI is InChI=1S/C15H15ClN6O2/c1-2-12-7-13(24-20-12)8-17-14(23)9-22-19-15(18-21-22)10-3-5-11(16)6-4-10/h3-7H,2,8-9H2,1H3,(H,17,23). The Bertz CT molecular complexity index is 827. The van der Waals surface area contributed by atoms with E-state index < -0.39 is 0 Å². The van der Waals surface area contributed by atoms with Crippen LogP contribution in [0.4, 0.5) is 0 Å². The molecule has 0 radical (unpaired) electrons. The number of rotatable bonds is 6. The van der Waals surface area contributed by atoms with Gasteiger partial charge in [-0.25, -0.2) is 0 Å². The average molecular weight is 347 g/mol. The van der Waals surface area contributed by atoms with Gasteiger partial charge in [-0.05, 0) is 35.9 Å². The van der Waals surface area contributed by atoms with Crippen molar-refractivity contribution in [2.24, 2.45) is 0 Å². The van der Waals surface area contributed by atoms with Gasteiger partial charge < -0.3 is 9.84 Å². The van der Waals surface area contributed by atoms with Crippen molar-refractivity contribution in [2.45, 2.75) is 26.4 Å². The topological polar surface area (TPSA) is 98.7 Å². The van der Waals surface area contributed by atoms with Gasteiger partial charge in [0, 0.05) is 16.7 Å². The van der Waals surface area contributed by atoms with Crippen molar-refractivity contribution in [1.82, 2.24) is 30.7 Å². The molecule has 0 bridgehead atoms. The number of nitrogens with one attached hydrogen (secondary N) is 1.